The number of nitrogens with one attached hydrogen (secondary N) is 1. The second-order valence-corrected chi connectivity index (χ2v) is 3.31. The molecule has 3 nitrogen and oxygen atoms in total. The number of nitrogen functional groups attached to an aromatic ring is 1. The number of nitrogens with zero attached hydrogens (tertiary/aromatic N) is 1. The fraction of sp³-hybridized carbons (Fsp3) is 0. The van der Waals surface area contributed by atoms with E-state index in [0.29, 0.717) is 0 Å². The molecule has 0 amide bonds. The molecule has 3 N–H and O–H groups in total. The number of aromatic amines is 1. The Morgan fingerprint density at radius 2 is 2.27 bits per heavy atom. The summed E-state index contributed by atoms with van der Waals surface area (Å²) in [5.41, 5.74) is 7.51. The molecule has 0 atom stereocenters. The van der Waals surface area contributed by atoms with Gasteiger partial charge in [0.1, 0.15) is 3.70 Å². The maximum absolute atomic E-state index is 5.74. The maximum atomic E-state index is 5.74. The lowest BCUT2D eigenvalue weighted by molar-refractivity contribution is 1.09. The average molecular weight is 259 g/mol. The van der Waals surface area contributed by atoms with Crippen LogP contribution in [0.3, 0.4) is 0 Å². The first-order chi connectivity index (χ1) is 5.29. The summed E-state index contributed by atoms with van der Waals surface area (Å²) in [4.78, 5) is 0. The summed E-state index contributed by atoms with van der Waals surface area (Å²) in [5, 5.41) is 7.95. The lowest BCUT2D eigenvalue weighted by Crippen LogP contribution is -1.84. The second-order valence-electron chi connectivity index (χ2n) is 2.28. The van der Waals surface area contributed by atoms with Gasteiger partial charge in [-0.25, -0.2) is 0 Å². The molecule has 0 saturated carbocycles. The Bertz CT molecular complexity index is 393. The minimum absolute atomic E-state index is 0.778. The van der Waals surface area contributed by atoms with Crippen LogP contribution < -0.4 is 5.73 Å². The molecule has 2 rings (SSSR count). The molecule has 0 aliphatic carbocycles. The molecule has 11 heavy (non-hydrogen) atoms. The minimum Gasteiger partial charge on any atom is -0.398 e. The summed E-state index contributed by atoms with van der Waals surface area (Å²) < 4.78 is 0.927. The van der Waals surface area contributed by atoms with Crippen LogP contribution in [0.15, 0.2) is 18.2 Å². The predicted octanol–water partition coefficient (Wildman–Crippen LogP) is 1.75. The highest BCUT2D eigenvalue weighted by molar-refractivity contribution is 14.1. The number of aromatic nitrogens is 2. The molecular weight excluding hydrogens is 253 g/mol. The van der Waals surface area contributed by atoms with Crippen LogP contribution in [0.2, 0.25) is 0 Å². The Labute approximate surface area is 77.1 Å². The number of fused-ring (bicyclic) bond motifs is 1. The van der Waals surface area contributed by atoms with E-state index in [0.717, 1.165) is 20.3 Å². The van der Waals surface area contributed by atoms with Crippen LogP contribution in [0, 0.1) is 3.70 Å². The minimum atomic E-state index is 0.778. The van der Waals surface area contributed by atoms with E-state index in [1.165, 1.54) is 0 Å². The third-order valence-electron chi connectivity index (χ3n) is 1.58. The lowest BCUT2D eigenvalue weighted by Gasteiger charge is -1.93. The quantitative estimate of drug-likeness (QED) is 0.559. The van der Waals surface area contributed by atoms with E-state index in [1.54, 1.807) is 0 Å². The van der Waals surface area contributed by atoms with Crippen molar-refractivity contribution in [2.75, 3.05) is 5.73 Å². The molecule has 1 heterocycles. The van der Waals surface area contributed by atoms with Crippen molar-refractivity contribution < 1.29 is 0 Å². The number of benzene rings is 1. The van der Waals surface area contributed by atoms with E-state index in [2.05, 4.69) is 32.8 Å². The highest BCUT2D eigenvalue weighted by atomic mass is 127. The van der Waals surface area contributed by atoms with Crippen LogP contribution in [-0.2, 0) is 0 Å². The molecule has 0 aliphatic rings. The molecule has 0 bridgehead atoms. The van der Waals surface area contributed by atoms with Gasteiger partial charge in [0, 0.05) is 5.69 Å². The van der Waals surface area contributed by atoms with Crippen molar-refractivity contribution in [3.63, 3.8) is 0 Å². The Morgan fingerprint density at radius 3 is 3.00 bits per heavy atom. The van der Waals surface area contributed by atoms with Crippen LogP contribution in [0.4, 0.5) is 5.69 Å². The Kier molecular flexibility index (Phi) is 1.49. The monoisotopic (exact) mass is 259 g/mol. The van der Waals surface area contributed by atoms with E-state index in [4.69, 9.17) is 5.73 Å². The van der Waals surface area contributed by atoms with Gasteiger partial charge >= 0.3 is 0 Å². The summed E-state index contributed by atoms with van der Waals surface area (Å²) in [6, 6.07) is 5.74. The Balaban J connectivity index is 2.96. The third-order valence-corrected chi connectivity index (χ3v) is 2.36. The molecular formula is C7H6IN3. The van der Waals surface area contributed by atoms with Gasteiger partial charge in [0.05, 0.1) is 10.9 Å². The molecule has 56 valence electrons. The van der Waals surface area contributed by atoms with Gasteiger partial charge < -0.3 is 5.73 Å². The van der Waals surface area contributed by atoms with Crippen molar-refractivity contribution >= 4 is 39.2 Å². The van der Waals surface area contributed by atoms with Crippen LogP contribution >= 0.6 is 22.6 Å². The molecule has 1 aromatic carbocycles. The Morgan fingerprint density at radius 1 is 1.45 bits per heavy atom. The molecule has 0 spiro atoms. The van der Waals surface area contributed by atoms with Crippen molar-refractivity contribution in [2.45, 2.75) is 0 Å². The van der Waals surface area contributed by atoms with Gasteiger partial charge in [-0.2, -0.15) is 5.10 Å². The van der Waals surface area contributed by atoms with Crippen LogP contribution in [0.5, 0.6) is 0 Å². The highest BCUT2D eigenvalue weighted by Crippen LogP contribution is 2.22. The van der Waals surface area contributed by atoms with Crippen LogP contribution in [-0.4, -0.2) is 10.2 Å². The van der Waals surface area contributed by atoms with Gasteiger partial charge in [-0.05, 0) is 34.7 Å². The second kappa shape index (κ2) is 2.37. The molecule has 1 aromatic heterocycles. The summed E-state index contributed by atoms with van der Waals surface area (Å²) in [6.45, 7) is 0. The summed E-state index contributed by atoms with van der Waals surface area (Å²) >= 11 is 2.16. The van der Waals surface area contributed by atoms with Crippen molar-refractivity contribution in [1.29, 1.82) is 0 Å². The smallest absolute Gasteiger partial charge is 0.133 e. The average Bonchev–Trinajstić information content (AvgIpc) is 2.34. The van der Waals surface area contributed by atoms with E-state index < -0.39 is 0 Å². The largest absolute Gasteiger partial charge is 0.398 e. The van der Waals surface area contributed by atoms with Gasteiger partial charge in [-0.3, -0.25) is 5.10 Å². The molecule has 0 fully saturated rings. The number of anilines is 1. The van der Waals surface area contributed by atoms with Gasteiger partial charge in [0.15, 0.2) is 0 Å². The third kappa shape index (κ3) is 0.973. The zero-order valence-corrected chi connectivity index (χ0v) is 7.79. The molecule has 0 radical (unpaired) electrons. The van der Waals surface area contributed by atoms with E-state index in [1.807, 2.05) is 18.2 Å². The van der Waals surface area contributed by atoms with Crippen molar-refractivity contribution in [2.24, 2.45) is 0 Å². The SMILES string of the molecule is Nc1cccc2[nH]nc(I)c12. The number of halogens is 1. The zero-order valence-electron chi connectivity index (χ0n) is 5.63. The van der Waals surface area contributed by atoms with Crippen LogP contribution in [0.25, 0.3) is 10.9 Å². The lowest BCUT2D eigenvalue weighted by atomic mass is 10.2. The predicted molar refractivity (Wildman–Crippen MR) is 53.2 cm³/mol. The maximum Gasteiger partial charge on any atom is 0.133 e. The first-order valence-corrected chi connectivity index (χ1v) is 4.25. The van der Waals surface area contributed by atoms with Gasteiger partial charge in [0.25, 0.3) is 0 Å². The molecule has 0 aliphatic heterocycles. The molecule has 0 unspecified atom stereocenters. The highest BCUT2D eigenvalue weighted by Gasteiger charge is 2.03. The van der Waals surface area contributed by atoms with Crippen molar-refractivity contribution in [3.05, 3.63) is 21.9 Å². The van der Waals surface area contributed by atoms with E-state index in [-0.39, 0.29) is 0 Å². The molecule has 4 heteroatoms. The number of rotatable bonds is 0. The summed E-state index contributed by atoms with van der Waals surface area (Å²) in [5.74, 6) is 0. The first-order valence-electron chi connectivity index (χ1n) is 3.17. The van der Waals surface area contributed by atoms with E-state index in [9.17, 15) is 0 Å². The van der Waals surface area contributed by atoms with Crippen LogP contribution in [0.1, 0.15) is 0 Å². The summed E-state index contributed by atoms with van der Waals surface area (Å²) in [7, 11) is 0. The fourth-order valence-corrected chi connectivity index (χ4v) is 1.78. The number of H-pyrrole nitrogens is 1. The standard InChI is InChI=1S/C7H6IN3/c8-7-6-4(9)2-1-3-5(6)10-11-7/h1-3H,9H2,(H,10,11). The van der Waals surface area contributed by atoms with Gasteiger partial charge in [-0.15, -0.1) is 0 Å². The van der Waals surface area contributed by atoms with Gasteiger partial charge in [0.2, 0.25) is 0 Å². The number of hydrogen-bond donors (Lipinski definition) is 2. The van der Waals surface area contributed by atoms with Gasteiger partial charge in [-0.1, -0.05) is 6.07 Å². The van der Waals surface area contributed by atoms with E-state index >= 15 is 0 Å². The number of hydrogen-bond acceptors (Lipinski definition) is 2. The number of nitrogens with two attached hydrogens (primary N) is 1. The van der Waals surface area contributed by atoms with Crippen molar-refractivity contribution in [3.8, 4) is 0 Å². The Hall–Kier alpha value is -0.780. The molecule has 0 saturated heterocycles. The zero-order chi connectivity index (χ0) is 7.84. The fourth-order valence-electron chi connectivity index (χ4n) is 1.06. The summed E-state index contributed by atoms with van der Waals surface area (Å²) in [6.07, 6.45) is 0. The topological polar surface area (TPSA) is 54.7 Å². The molecule has 2 aromatic rings. The first kappa shape index (κ1) is 6.90. The van der Waals surface area contributed by atoms with Crippen molar-refractivity contribution in [1.82, 2.24) is 10.2 Å². The normalized spacial score (nSPS) is 10.6.